The Balaban J connectivity index is 0.000000174. The van der Waals surface area contributed by atoms with Crippen molar-refractivity contribution >= 4 is 17.6 Å². The summed E-state index contributed by atoms with van der Waals surface area (Å²) in [6.45, 7) is 0.778. The van der Waals surface area contributed by atoms with Crippen LogP contribution in [0.2, 0.25) is 5.02 Å². The third-order valence-electron chi connectivity index (χ3n) is 3.35. The maximum absolute atomic E-state index is 12.4. The quantitative estimate of drug-likeness (QED) is 0.879. The van der Waals surface area contributed by atoms with Gasteiger partial charge in [-0.25, -0.2) is 9.37 Å². The molecular formula is C16H16ClFN2O3. The molecule has 1 aliphatic rings. The number of benzene rings is 1. The van der Waals surface area contributed by atoms with Gasteiger partial charge in [0.2, 0.25) is 5.88 Å². The monoisotopic (exact) mass is 338 g/mol. The third-order valence-corrected chi connectivity index (χ3v) is 3.71. The van der Waals surface area contributed by atoms with Crippen LogP contribution in [0.5, 0.6) is 5.88 Å². The number of carbonyl (C=O) groups is 1. The molecule has 1 atom stereocenters. The van der Waals surface area contributed by atoms with Crippen molar-refractivity contribution < 1.29 is 19.0 Å². The third kappa shape index (κ3) is 4.40. The Morgan fingerprint density at radius 1 is 1.48 bits per heavy atom. The van der Waals surface area contributed by atoms with E-state index in [-0.39, 0.29) is 5.82 Å². The Labute approximate surface area is 137 Å². The van der Waals surface area contributed by atoms with Crippen molar-refractivity contribution in [2.45, 2.75) is 18.9 Å². The zero-order chi connectivity index (χ0) is 16.8. The van der Waals surface area contributed by atoms with E-state index in [9.17, 15) is 9.18 Å². The maximum atomic E-state index is 12.4. The van der Waals surface area contributed by atoms with Gasteiger partial charge in [0, 0.05) is 23.3 Å². The minimum absolute atomic E-state index is 0.331. The van der Waals surface area contributed by atoms with E-state index in [0.29, 0.717) is 36.0 Å². The Morgan fingerprint density at radius 3 is 2.91 bits per heavy atom. The van der Waals surface area contributed by atoms with Crippen molar-refractivity contribution in [3.63, 3.8) is 0 Å². The van der Waals surface area contributed by atoms with Crippen LogP contribution in [-0.4, -0.2) is 22.7 Å². The molecule has 0 radical (unpaired) electrons. The first kappa shape index (κ1) is 17.2. The summed E-state index contributed by atoms with van der Waals surface area (Å²) in [7, 11) is 0. The van der Waals surface area contributed by atoms with Gasteiger partial charge in [-0.1, -0.05) is 23.7 Å². The van der Waals surface area contributed by atoms with Crippen LogP contribution < -0.4 is 10.5 Å². The molecule has 3 N–H and O–H groups in total. The first-order valence-electron chi connectivity index (χ1n) is 6.97. The fraction of sp³-hybridized carbons (Fsp3) is 0.250. The number of ether oxygens (including phenoxy) is 1. The molecule has 23 heavy (non-hydrogen) atoms. The molecule has 0 saturated heterocycles. The minimum atomic E-state index is -0.808. The highest BCUT2D eigenvalue weighted by atomic mass is 35.5. The number of aliphatic carboxylic acids is 1. The predicted octanol–water partition coefficient (Wildman–Crippen LogP) is 2.97. The summed E-state index contributed by atoms with van der Waals surface area (Å²) in [5, 5.41) is 9.29. The Bertz CT molecular complexity index is 697. The van der Waals surface area contributed by atoms with E-state index in [2.05, 4.69) is 4.98 Å². The van der Waals surface area contributed by atoms with Crippen LogP contribution in [0.1, 0.15) is 23.5 Å². The number of halogens is 2. The van der Waals surface area contributed by atoms with Crippen LogP contribution in [0.15, 0.2) is 36.5 Å². The summed E-state index contributed by atoms with van der Waals surface area (Å²) in [5.74, 6) is -1.14. The molecule has 0 amide bonds. The van der Waals surface area contributed by atoms with Crippen molar-refractivity contribution in [1.82, 2.24) is 4.98 Å². The van der Waals surface area contributed by atoms with Gasteiger partial charge in [-0.05, 0) is 30.2 Å². The highest BCUT2D eigenvalue weighted by Crippen LogP contribution is 2.31. The number of nitrogens with two attached hydrogens (primary N) is 1. The van der Waals surface area contributed by atoms with Gasteiger partial charge in [0.25, 0.3) is 0 Å². The highest BCUT2D eigenvalue weighted by Gasteiger charge is 2.27. The summed E-state index contributed by atoms with van der Waals surface area (Å²) in [6.07, 6.45) is 2.12. The van der Waals surface area contributed by atoms with E-state index in [1.807, 2.05) is 0 Å². The van der Waals surface area contributed by atoms with Crippen LogP contribution in [0.4, 0.5) is 4.39 Å². The van der Waals surface area contributed by atoms with Crippen molar-refractivity contribution in [2.24, 2.45) is 5.73 Å². The predicted molar refractivity (Wildman–Crippen MR) is 84.0 cm³/mol. The molecule has 0 spiro atoms. The number of carboxylic acids is 1. The number of fused-ring (bicyclic) bond motifs is 1. The number of hydrogen-bond acceptors (Lipinski definition) is 4. The molecular weight excluding hydrogens is 323 g/mol. The maximum Gasteiger partial charge on any atom is 0.311 e. The van der Waals surface area contributed by atoms with E-state index in [0.717, 1.165) is 5.56 Å². The minimum Gasteiger partial charge on any atom is -0.481 e. The van der Waals surface area contributed by atoms with E-state index < -0.39 is 11.9 Å². The SMILES string of the molecule is NCc1ccc(F)cc1Cl.O=C(O)C1CCOc2ncccc21. The number of pyridine rings is 1. The van der Waals surface area contributed by atoms with Crippen molar-refractivity contribution in [3.8, 4) is 5.88 Å². The Kier molecular flexibility index (Phi) is 5.90. The lowest BCUT2D eigenvalue weighted by Crippen LogP contribution is -2.21. The van der Waals surface area contributed by atoms with Crippen LogP contribution in [-0.2, 0) is 11.3 Å². The Morgan fingerprint density at radius 2 is 2.26 bits per heavy atom. The first-order chi connectivity index (χ1) is 11.0. The molecule has 2 heterocycles. The fourth-order valence-electron chi connectivity index (χ4n) is 2.16. The number of rotatable bonds is 2. The molecule has 1 aromatic heterocycles. The second-order valence-corrected chi connectivity index (χ2v) is 5.27. The number of carboxylic acid groups (broad SMARTS) is 1. The zero-order valence-corrected chi connectivity index (χ0v) is 13.0. The summed E-state index contributed by atoms with van der Waals surface area (Å²) < 4.78 is 17.6. The first-order valence-corrected chi connectivity index (χ1v) is 7.35. The summed E-state index contributed by atoms with van der Waals surface area (Å²) in [5.41, 5.74) is 6.74. The van der Waals surface area contributed by atoms with Crippen LogP contribution in [0.25, 0.3) is 0 Å². The van der Waals surface area contributed by atoms with Gasteiger partial charge in [0.05, 0.1) is 12.5 Å². The molecule has 0 aliphatic carbocycles. The second kappa shape index (κ2) is 7.89. The molecule has 0 bridgehead atoms. The molecule has 1 aromatic carbocycles. The van der Waals surface area contributed by atoms with Crippen LogP contribution >= 0.6 is 11.6 Å². The molecule has 0 fully saturated rings. The smallest absolute Gasteiger partial charge is 0.311 e. The van der Waals surface area contributed by atoms with Gasteiger partial charge in [-0.2, -0.15) is 0 Å². The van der Waals surface area contributed by atoms with Gasteiger partial charge in [-0.3, -0.25) is 4.79 Å². The molecule has 7 heteroatoms. The van der Waals surface area contributed by atoms with E-state index in [1.54, 1.807) is 24.4 Å². The van der Waals surface area contributed by atoms with Crippen molar-refractivity contribution in [1.29, 1.82) is 0 Å². The van der Waals surface area contributed by atoms with Crippen LogP contribution in [0.3, 0.4) is 0 Å². The molecule has 0 saturated carbocycles. The summed E-state index contributed by atoms with van der Waals surface area (Å²) >= 11 is 5.61. The zero-order valence-electron chi connectivity index (χ0n) is 12.2. The standard InChI is InChI=1S/C9H9NO3.C7H7ClFN/c11-9(12)7-3-5-13-8-6(7)2-1-4-10-8;8-7-3-6(9)2-1-5(7)4-10/h1-2,4,7H,3,5H2,(H,11,12);1-3H,4,10H2. The average Bonchev–Trinajstić information content (AvgIpc) is 2.55. The number of nitrogens with zero attached hydrogens (tertiary/aromatic N) is 1. The molecule has 5 nitrogen and oxygen atoms in total. The molecule has 1 aliphatic heterocycles. The van der Waals surface area contributed by atoms with Gasteiger partial charge in [-0.15, -0.1) is 0 Å². The fourth-order valence-corrected chi connectivity index (χ4v) is 2.41. The molecule has 1 unspecified atom stereocenters. The number of hydrogen-bond donors (Lipinski definition) is 2. The van der Waals surface area contributed by atoms with Gasteiger partial charge in [0.15, 0.2) is 0 Å². The molecule has 122 valence electrons. The van der Waals surface area contributed by atoms with E-state index >= 15 is 0 Å². The second-order valence-electron chi connectivity index (χ2n) is 4.87. The lowest BCUT2D eigenvalue weighted by molar-refractivity contribution is -0.139. The Hall–Kier alpha value is -2.18. The van der Waals surface area contributed by atoms with E-state index in [1.165, 1.54) is 12.1 Å². The summed E-state index contributed by atoms with van der Waals surface area (Å²) in [4.78, 5) is 14.8. The lowest BCUT2D eigenvalue weighted by atomic mass is 9.96. The topological polar surface area (TPSA) is 85.4 Å². The lowest BCUT2D eigenvalue weighted by Gasteiger charge is -2.21. The average molecular weight is 339 g/mol. The van der Waals surface area contributed by atoms with E-state index in [4.69, 9.17) is 27.2 Å². The number of aromatic nitrogens is 1. The molecule has 2 aromatic rings. The van der Waals surface area contributed by atoms with Gasteiger partial charge >= 0.3 is 5.97 Å². The largest absolute Gasteiger partial charge is 0.481 e. The molecule has 3 rings (SSSR count). The van der Waals surface area contributed by atoms with Crippen LogP contribution in [0, 0.1) is 5.82 Å². The normalized spacial score (nSPS) is 15.7. The van der Waals surface area contributed by atoms with Crippen molar-refractivity contribution in [3.05, 3.63) is 58.5 Å². The van der Waals surface area contributed by atoms with Gasteiger partial charge in [0.1, 0.15) is 5.82 Å². The summed E-state index contributed by atoms with van der Waals surface area (Å²) in [6, 6.07) is 7.65. The van der Waals surface area contributed by atoms with Gasteiger partial charge < -0.3 is 15.6 Å². The highest BCUT2D eigenvalue weighted by molar-refractivity contribution is 6.31. The van der Waals surface area contributed by atoms with Crippen molar-refractivity contribution in [2.75, 3.05) is 6.61 Å².